The molecule has 1 aromatic heterocycles. The molecule has 0 amide bonds. The lowest BCUT2D eigenvalue weighted by Gasteiger charge is -2.04. The molecule has 0 bridgehead atoms. The van der Waals surface area contributed by atoms with Gasteiger partial charge in [-0.15, -0.1) is 0 Å². The second kappa shape index (κ2) is 6.14. The van der Waals surface area contributed by atoms with Crippen LogP contribution in [0, 0.1) is 0 Å². The number of aromatic nitrogens is 2. The van der Waals surface area contributed by atoms with Crippen LogP contribution >= 0.6 is 23.2 Å². The minimum absolute atomic E-state index is 0.581. The molecule has 5 heteroatoms. The van der Waals surface area contributed by atoms with Crippen LogP contribution in [-0.4, -0.2) is 16.5 Å². The van der Waals surface area contributed by atoms with E-state index in [2.05, 4.69) is 22.2 Å². The maximum absolute atomic E-state index is 5.95. The standard InChI is InChI=1S/C13H13Cl2N3/c1-2-16-6-9-7-17-13(18-8-9)10-3-11(14)5-12(15)4-10/h3-5,7-8,16H,2,6H2,1H3. The molecule has 2 aromatic rings. The van der Waals surface area contributed by atoms with E-state index in [-0.39, 0.29) is 0 Å². The second-order valence-corrected chi connectivity index (χ2v) is 4.73. The van der Waals surface area contributed by atoms with Crippen molar-refractivity contribution in [3.63, 3.8) is 0 Å². The minimum Gasteiger partial charge on any atom is -0.313 e. The summed E-state index contributed by atoms with van der Waals surface area (Å²) < 4.78 is 0. The van der Waals surface area contributed by atoms with Gasteiger partial charge >= 0.3 is 0 Å². The third kappa shape index (κ3) is 3.42. The molecule has 18 heavy (non-hydrogen) atoms. The van der Waals surface area contributed by atoms with Gasteiger partial charge in [0.25, 0.3) is 0 Å². The van der Waals surface area contributed by atoms with Crippen LogP contribution in [0.5, 0.6) is 0 Å². The highest BCUT2D eigenvalue weighted by Gasteiger charge is 2.04. The average Bonchev–Trinajstić information content (AvgIpc) is 2.36. The van der Waals surface area contributed by atoms with Crippen molar-refractivity contribution in [3.05, 3.63) is 46.2 Å². The van der Waals surface area contributed by atoms with Crippen molar-refractivity contribution >= 4 is 23.2 Å². The number of benzene rings is 1. The number of hydrogen-bond acceptors (Lipinski definition) is 3. The first-order valence-electron chi connectivity index (χ1n) is 5.67. The molecule has 0 radical (unpaired) electrons. The van der Waals surface area contributed by atoms with Gasteiger partial charge in [-0.05, 0) is 24.7 Å². The van der Waals surface area contributed by atoms with E-state index < -0.39 is 0 Å². The molecule has 3 nitrogen and oxygen atoms in total. The molecule has 0 aliphatic heterocycles. The van der Waals surface area contributed by atoms with Crippen LogP contribution in [0.2, 0.25) is 10.0 Å². The fourth-order valence-corrected chi connectivity index (χ4v) is 2.07. The largest absolute Gasteiger partial charge is 0.313 e. The molecule has 0 unspecified atom stereocenters. The highest BCUT2D eigenvalue weighted by atomic mass is 35.5. The van der Waals surface area contributed by atoms with Crippen LogP contribution in [0.25, 0.3) is 11.4 Å². The van der Waals surface area contributed by atoms with E-state index in [1.807, 2.05) is 0 Å². The summed E-state index contributed by atoms with van der Waals surface area (Å²) in [5, 5.41) is 4.38. The minimum atomic E-state index is 0.581. The Hall–Kier alpha value is -1.16. The Morgan fingerprint density at radius 3 is 2.22 bits per heavy atom. The Kier molecular flexibility index (Phi) is 4.53. The molecule has 1 aromatic carbocycles. The van der Waals surface area contributed by atoms with Crippen molar-refractivity contribution in [1.29, 1.82) is 0 Å². The van der Waals surface area contributed by atoms with E-state index in [9.17, 15) is 0 Å². The first kappa shape index (κ1) is 13.3. The zero-order valence-electron chi connectivity index (χ0n) is 9.95. The van der Waals surface area contributed by atoms with Gasteiger partial charge in [0.2, 0.25) is 0 Å². The topological polar surface area (TPSA) is 37.8 Å². The molecule has 0 atom stereocenters. The third-order valence-electron chi connectivity index (χ3n) is 2.41. The van der Waals surface area contributed by atoms with Crippen LogP contribution in [0.4, 0.5) is 0 Å². The van der Waals surface area contributed by atoms with Crippen molar-refractivity contribution in [2.45, 2.75) is 13.5 Å². The van der Waals surface area contributed by atoms with Crippen LogP contribution in [0.1, 0.15) is 12.5 Å². The molecule has 94 valence electrons. The molecule has 0 aliphatic carbocycles. The molecule has 0 saturated carbocycles. The van der Waals surface area contributed by atoms with Crippen molar-refractivity contribution in [2.24, 2.45) is 0 Å². The fraction of sp³-hybridized carbons (Fsp3) is 0.231. The summed E-state index contributed by atoms with van der Waals surface area (Å²) in [6, 6.07) is 5.28. The molecule has 0 aliphatic rings. The summed E-state index contributed by atoms with van der Waals surface area (Å²) in [6.07, 6.45) is 3.61. The van der Waals surface area contributed by atoms with E-state index in [4.69, 9.17) is 23.2 Å². The Labute approximate surface area is 116 Å². The lowest BCUT2D eigenvalue weighted by Crippen LogP contribution is -2.12. The Bertz CT molecular complexity index is 506. The maximum Gasteiger partial charge on any atom is 0.159 e. The lowest BCUT2D eigenvalue weighted by atomic mass is 10.2. The first-order chi connectivity index (χ1) is 8.69. The van der Waals surface area contributed by atoms with Gasteiger partial charge in [0.05, 0.1) is 0 Å². The van der Waals surface area contributed by atoms with Crippen LogP contribution in [0.15, 0.2) is 30.6 Å². The molecule has 0 saturated heterocycles. The third-order valence-corrected chi connectivity index (χ3v) is 2.84. The van der Waals surface area contributed by atoms with E-state index in [1.165, 1.54) is 0 Å². The Balaban J connectivity index is 2.23. The summed E-state index contributed by atoms with van der Waals surface area (Å²) in [5.74, 6) is 0.625. The van der Waals surface area contributed by atoms with Gasteiger partial charge < -0.3 is 5.32 Å². The van der Waals surface area contributed by atoms with E-state index in [0.29, 0.717) is 15.9 Å². The second-order valence-electron chi connectivity index (χ2n) is 3.85. The smallest absolute Gasteiger partial charge is 0.159 e. The number of nitrogens with one attached hydrogen (secondary N) is 1. The molecular weight excluding hydrogens is 269 g/mol. The van der Waals surface area contributed by atoms with Crippen molar-refractivity contribution in [3.8, 4) is 11.4 Å². The molecular formula is C13H13Cl2N3. The average molecular weight is 282 g/mol. The quantitative estimate of drug-likeness (QED) is 0.931. The number of halogens is 2. The van der Waals surface area contributed by atoms with E-state index >= 15 is 0 Å². The Morgan fingerprint density at radius 2 is 1.67 bits per heavy atom. The number of rotatable bonds is 4. The normalized spacial score (nSPS) is 10.6. The van der Waals surface area contributed by atoms with Crippen LogP contribution in [-0.2, 0) is 6.54 Å². The lowest BCUT2D eigenvalue weighted by molar-refractivity contribution is 0.721. The summed E-state index contributed by atoms with van der Waals surface area (Å²) in [7, 11) is 0. The SMILES string of the molecule is CCNCc1cnc(-c2cc(Cl)cc(Cl)c2)nc1. The van der Waals surface area contributed by atoms with Crippen LogP contribution < -0.4 is 5.32 Å². The van der Waals surface area contributed by atoms with Gasteiger partial charge in [-0.2, -0.15) is 0 Å². The molecule has 1 N–H and O–H groups in total. The Morgan fingerprint density at radius 1 is 1.06 bits per heavy atom. The molecule has 0 spiro atoms. The number of hydrogen-bond donors (Lipinski definition) is 1. The molecule has 2 rings (SSSR count). The maximum atomic E-state index is 5.95. The molecule has 0 fully saturated rings. The molecule has 1 heterocycles. The van der Waals surface area contributed by atoms with Crippen molar-refractivity contribution in [2.75, 3.05) is 6.54 Å². The van der Waals surface area contributed by atoms with Crippen molar-refractivity contribution < 1.29 is 0 Å². The summed E-state index contributed by atoms with van der Waals surface area (Å²) in [5.41, 5.74) is 1.87. The van der Waals surface area contributed by atoms with E-state index in [0.717, 1.165) is 24.2 Å². The monoisotopic (exact) mass is 281 g/mol. The first-order valence-corrected chi connectivity index (χ1v) is 6.42. The van der Waals surface area contributed by atoms with Gasteiger partial charge in [-0.25, -0.2) is 9.97 Å². The van der Waals surface area contributed by atoms with Crippen molar-refractivity contribution in [1.82, 2.24) is 15.3 Å². The predicted molar refractivity (Wildman–Crippen MR) is 74.9 cm³/mol. The van der Waals surface area contributed by atoms with E-state index in [1.54, 1.807) is 30.6 Å². The highest BCUT2D eigenvalue weighted by Crippen LogP contribution is 2.24. The zero-order valence-corrected chi connectivity index (χ0v) is 11.5. The number of nitrogens with zero attached hydrogens (tertiary/aromatic N) is 2. The predicted octanol–water partition coefficient (Wildman–Crippen LogP) is 3.56. The summed E-state index contributed by atoms with van der Waals surface area (Å²) >= 11 is 11.9. The summed E-state index contributed by atoms with van der Waals surface area (Å²) in [4.78, 5) is 8.63. The van der Waals surface area contributed by atoms with Gasteiger partial charge in [0.1, 0.15) is 0 Å². The van der Waals surface area contributed by atoms with Crippen LogP contribution in [0.3, 0.4) is 0 Å². The van der Waals surface area contributed by atoms with Gasteiger partial charge in [0.15, 0.2) is 5.82 Å². The fourth-order valence-electron chi connectivity index (χ4n) is 1.55. The summed E-state index contributed by atoms with van der Waals surface area (Å²) in [6.45, 7) is 3.75. The zero-order chi connectivity index (χ0) is 13.0. The van der Waals surface area contributed by atoms with Gasteiger partial charge in [0, 0.05) is 40.1 Å². The van der Waals surface area contributed by atoms with Gasteiger partial charge in [-0.3, -0.25) is 0 Å². The van der Waals surface area contributed by atoms with Gasteiger partial charge in [-0.1, -0.05) is 30.1 Å². The highest BCUT2D eigenvalue weighted by molar-refractivity contribution is 6.35.